The van der Waals surface area contributed by atoms with Crippen LogP contribution in [0.5, 0.6) is 5.75 Å². The molecule has 0 bridgehead atoms. The summed E-state index contributed by atoms with van der Waals surface area (Å²) in [6.07, 6.45) is 1.85. The molecule has 30 heavy (non-hydrogen) atoms. The van der Waals surface area contributed by atoms with Crippen molar-refractivity contribution in [3.05, 3.63) is 59.7 Å². The molecule has 1 heterocycles. The molecule has 1 saturated heterocycles. The number of aliphatic imine (C=N–C) groups is 1. The van der Waals surface area contributed by atoms with E-state index >= 15 is 0 Å². The van der Waals surface area contributed by atoms with Gasteiger partial charge in [-0.1, -0.05) is 24.3 Å². The van der Waals surface area contributed by atoms with Crippen LogP contribution in [0.3, 0.4) is 0 Å². The minimum atomic E-state index is -0.690. The van der Waals surface area contributed by atoms with Gasteiger partial charge in [-0.15, -0.1) is 0 Å². The van der Waals surface area contributed by atoms with E-state index in [9.17, 15) is 5.11 Å². The third-order valence-electron chi connectivity index (χ3n) is 5.44. The number of benzene rings is 2. The number of ether oxygens (including phenoxy) is 1. The van der Waals surface area contributed by atoms with Gasteiger partial charge in [-0.05, 0) is 62.1 Å². The predicted octanol–water partition coefficient (Wildman–Crippen LogP) is 3.65. The molecule has 0 saturated carbocycles. The average molecular weight is 411 g/mol. The van der Waals surface area contributed by atoms with Crippen LogP contribution in [0.15, 0.2) is 53.5 Å². The first-order chi connectivity index (χ1) is 14.6. The second-order valence-corrected chi connectivity index (χ2v) is 7.67. The van der Waals surface area contributed by atoms with Gasteiger partial charge in [0.1, 0.15) is 5.75 Å². The van der Waals surface area contributed by atoms with Gasteiger partial charge >= 0.3 is 0 Å². The van der Waals surface area contributed by atoms with Crippen molar-refractivity contribution in [1.29, 1.82) is 0 Å². The van der Waals surface area contributed by atoms with Crippen molar-refractivity contribution in [2.24, 2.45) is 4.99 Å². The number of guanidine groups is 1. The fourth-order valence-corrected chi connectivity index (χ4v) is 3.71. The van der Waals surface area contributed by atoms with E-state index in [-0.39, 0.29) is 12.6 Å². The summed E-state index contributed by atoms with van der Waals surface area (Å²) in [5.74, 6) is 1.42. The molecule has 0 spiro atoms. The summed E-state index contributed by atoms with van der Waals surface area (Å²) in [6.45, 7) is 7.46. The normalized spacial score (nSPS) is 16.3. The van der Waals surface area contributed by atoms with Crippen LogP contribution < -0.4 is 20.3 Å². The van der Waals surface area contributed by atoms with Crippen molar-refractivity contribution >= 4 is 11.6 Å². The number of nitrogens with one attached hydrogen (secondary N) is 2. The largest absolute Gasteiger partial charge is 0.497 e. The highest BCUT2D eigenvalue weighted by Crippen LogP contribution is 2.24. The first kappa shape index (κ1) is 22.0. The Morgan fingerprint density at radius 3 is 2.60 bits per heavy atom. The molecule has 0 aliphatic carbocycles. The van der Waals surface area contributed by atoms with Crippen molar-refractivity contribution < 1.29 is 9.84 Å². The summed E-state index contributed by atoms with van der Waals surface area (Å²) in [5.41, 5.74) is 3.30. The molecule has 3 N–H and O–H groups in total. The van der Waals surface area contributed by atoms with Gasteiger partial charge in [0, 0.05) is 25.3 Å². The van der Waals surface area contributed by atoms with E-state index in [1.54, 1.807) is 7.11 Å². The summed E-state index contributed by atoms with van der Waals surface area (Å²) in [4.78, 5) is 7.05. The molecule has 6 heteroatoms. The van der Waals surface area contributed by atoms with Gasteiger partial charge in [-0.25, -0.2) is 0 Å². The SMILES string of the molecule is CCNC(=NCC(O)c1cccc(OC)c1)NC(C)c1cccc(N2CCCC2)c1. The van der Waals surface area contributed by atoms with Crippen LogP contribution in [-0.2, 0) is 0 Å². The second-order valence-electron chi connectivity index (χ2n) is 7.67. The van der Waals surface area contributed by atoms with Gasteiger partial charge in [0.2, 0.25) is 0 Å². The van der Waals surface area contributed by atoms with Gasteiger partial charge in [-0.3, -0.25) is 4.99 Å². The maximum atomic E-state index is 10.5. The zero-order valence-corrected chi connectivity index (χ0v) is 18.3. The average Bonchev–Trinajstić information content (AvgIpc) is 3.32. The van der Waals surface area contributed by atoms with Crippen molar-refractivity contribution in [2.75, 3.05) is 38.2 Å². The number of nitrogens with zero attached hydrogens (tertiary/aromatic N) is 2. The molecule has 1 fully saturated rings. The summed E-state index contributed by atoms with van der Waals surface area (Å²) in [7, 11) is 1.62. The predicted molar refractivity (Wildman–Crippen MR) is 123 cm³/mol. The molecule has 2 unspecified atom stereocenters. The van der Waals surface area contributed by atoms with Gasteiger partial charge in [0.05, 0.1) is 25.8 Å². The third kappa shape index (κ3) is 5.89. The number of hydrogen-bond donors (Lipinski definition) is 3. The Morgan fingerprint density at radius 2 is 1.87 bits per heavy atom. The Hall–Kier alpha value is -2.73. The summed E-state index contributed by atoms with van der Waals surface area (Å²) in [5, 5.41) is 17.3. The Morgan fingerprint density at radius 1 is 1.13 bits per heavy atom. The standard InChI is InChI=1S/C24H34N4O2/c1-4-25-24(26-17-23(29)20-10-8-12-22(16-20)30-3)27-18(2)19-9-7-11-21(15-19)28-13-5-6-14-28/h7-12,15-16,18,23,29H,4-6,13-14,17H2,1-3H3,(H2,25,26,27). The summed E-state index contributed by atoms with van der Waals surface area (Å²) >= 11 is 0. The van der Waals surface area contributed by atoms with E-state index in [1.165, 1.54) is 24.1 Å². The Bertz CT molecular complexity index is 833. The van der Waals surface area contributed by atoms with Gasteiger partial charge in [-0.2, -0.15) is 0 Å². The monoisotopic (exact) mass is 410 g/mol. The zero-order chi connectivity index (χ0) is 21.3. The van der Waals surface area contributed by atoms with Crippen LogP contribution in [0.2, 0.25) is 0 Å². The first-order valence-electron chi connectivity index (χ1n) is 10.8. The molecule has 3 rings (SSSR count). The lowest BCUT2D eigenvalue weighted by Gasteiger charge is -2.22. The number of anilines is 1. The van der Waals surface area contributed by atoms with Gasteiger partial charge in [0.15, 0.2) is 5.96 Å². The molecule has 0 radical (unpaired) electrons. The van der Waals surface area contributed by atoms with Crippen LogP contribution in [0, 0.1) is 0 Å². The molecule has 162 valence electrons. The number of methoxy groups -OCH3 is 1. The van der Waals surface area contributed by atoms with Crippen molar-refractivity contribution in [3.63, 3.8) is 0 Å². The molecule has 1 aliphatic rings. The fourth-order valence-electron chi connectivity index (χ4n) is 3.71. The quantitative estimate of drug-likeness (QED) is 0.458. The second kappa shape index (κ2) is 10.9. The van der Waals surface area contributed by atoms with E-state index in [1.807, 2.05) is 31.2 Å². The van der Waals surface area contributed by atoms with Crippen molar-refractivity contribution in [2.45, 2.75) is 38.8 Å². The lowest BCUT2D eigenvalue weighted by Crippen LogP contribution is -2.39. The van der Waals surface area contributed by atoms with Gasteiger partial charge < -0.3 is 25.4 Å². The Balaban J connectivity index is 1.66. The molecule has 0 aromatic heterocycles. The van der Waals surface area contributed by atoms with Crippen LogP contribution in [-0.4, -0.2) is 44.4 Å². The molecule has 2 atom stereocenters. The molecule has 1 aliphatic heterocycles. The summed E-state index contributed by atoms with van der Waals surface area (Å²) < 4.78 is 5.24. The lowest BCUT2D eigenvalue weighted by molar-refractivity contribution is 0.186. The molecule has 2 aromatic rings. The van der Waals surface area contributed by atoms with E-state index < -0.39 is 6.10 Å². The number of hydrogen-bond acceptors (Lipinski definition) is 4. The molecule has 6 nitrogen and oxygen atoms in total. The minimum Gasteiger partial charge on any atom is -0.497 e. The van der Waals surface area contributed by atoms with E-state index in [0.29, 0.717) is 5.96 Å². The maximum Gasteiger partial charge on any atom is 0.191 e. The lowest BCUT2D eigenvalue weighted by atomic mass is 10.1. The Labute approximate surface area is 180 Å². The topological polar surface area (TPSA) is 69.1 Å². The highest BCUT2D eigenvalue weighted by Gasteiger charge is 2.15. The Kier molecular flexibility index (Phi) is 7.97. The van der Waals surface area contributed by atoms with E-state index in [4.69, 9.17) is 4.74 Å². The van der Waals surface area contributed by atoms with E-state index in [2.05, 4.69) is 51.7 Å². The molecule has 2 aromatic carbocycles. The van der Waals surface area contributed by atoms with Crippen molar-refractivity contribution in [1.82, 2.24) is 10.6 Å². The minimum absolute atomic E-state index is 0.0966. The van der Waals surface area contributed by atoms with Crippen LogP contribution in [0.25, 0.3) is 0 Å². The fraction of sp³-hybridized carbons (Fsp3) is 0.458. The highest BCUT2D eigenvalue weighted by molar-refractivity contribution is 5.80. The van der Waals surface area contributed by atoms with Gasteiger partial charge in [0.25, 0.3) is 0 Å². The van der Waals surface area contributed by atoms with Crippen molar-refractivity contribution in [3.8, 4) is 5.75 Å². The third-order valence-corrected chi connectivity index (χ3v) is 5.44. The smallest absolute Gasteiger partial charge is 0.191 e. The van der Waals surface area contributed by atoms with E-state index in [0.717, 1.165) is 30.9 Å². The first-order valence-corrected chi connectivity index (χ1v) is 10.8. The number of aliphatic hydroxyl groups excluding tert-OH is 1. The molecule has 0 amide bonds. The van der Waals surface area contributed by atoms with Crippen LogP contribution in [0.1, 0.15) is 50.0 Å². The number of rotatable bonds is 8. The highest BCUT2D eigenvalue weighted by atomic mass is 16.5. The molecular formula is C24H34N4O2. The zero-order valence-electron chi connectivity index (χ0n) is 18.3. The number of aliphatic hydroxyl groups is 1. The maximum absolute atomic E-state index is 10.5. The summed E-state index contributed by atoms with van der Waals surface area (Å²) in [6, 6.07) is 16.3. The molecular weight excluding hydrogens is 376 g/mol. The van der Waals surface area contributed by atoms with Crippen LogP contribution >= 0.6 is 0 Å². The van der Waals surface area contributed by atoms with Crippen LogP contribution in [0.4, 0.5) is 5.69 Å².